The van der Waals surface area contributed by atoms with Crippen LogP contribution in [0.4, 0.5) is 10.3 Å². The fourth-order valence-corrected chi connectivity index (χ4v) is 4.86. The maximum atomic E-state index is 13.4. The third kappa shape index (κ3) is 6.01. The Balaban J connectivity index is 1.83. The van der Waals surface area contributed by atoms with Crippen LogP contribution in [0.3, 0.4) is 0 Å². The monoisotopic (exact) mass is 569 g/mol. The van der Waals surface area contributed by atoms with Crippen LogP contribution in [0.25, 0.3) is 17.1 Å². The number of rotatable bonds is 11. The zero-order valence-corrected chi connectivity index (χ0v) is 23.1. The van der Waals surface area contributed by atoms with Crippen molar-refractivity contribution in [2.75, 3.05) is 25.5 Å². The number of hydrogen-bond acceptors (Lipinski definition) is 9. The molecule has 0 saturated carbocycles. The summed E-state index contributed by atoms with van der Waals surface area (Å²) in [6.07, 6.45) is 1.87. The Morgan fingerprint density at radius 2 is 1.70 bits per heavy atom. The maximum absolute atomic E-state index is 13.4. The van der Waals surface area contributed by atoms with Gasteiger partial charge in [-0.2, -0.15) is 0 Å². The first kappa shape index (κ1) is 28.4. The van der Waals surface area contributed by atoms with E-state index < -0.39 is 21.1 Å². The number of hydrogen-bond donors (Lipinski definition) is 2. The van der Waals surface area contributed by atoms with E-state index in [4.69, 9.17) is 9.47 Å². The summed E-state index contributed by atoms with van der Waals surface area (Å²) in [6.45, 7) is 3.73. The fourth-order valence-electron chi connectivity index (χ4n) is 3.90. The van der Waals surface area contributed by atoms with Gasteiger partial charge in [-0.3, -0.25) is 14.1 Å². The van der Waals surface area contributed by atoms with Gasteiger partial charge >= 0.3 is 0 Å². The average Bonchev–Trinajstić information content (AvgIpc) is 3.36. The summed E-state index contributed by atoms with van der Waals surface area (Å²) in [4.78, 5) is 20.2. The number of amides is 1. The topological polar surface area (TPSA) is 150 Å². The quantitative estimate of drug-likeness (QED) is 0.278. The maximum Gasteiger partial charge on any atom is 0.251 e. The van der Waals surface area contributed by atoms with Gasteiger partial charge in [-0.05, 0) is 38.1 Å². The lowest BCUT2D eigenvalue weighted by Crippen LogP contribution is -2.29. The van der Waals surface area contributed by atoms with Gasteiger partial charge in [0.25, 0.3) is 5.91 Å². The minimum absolute atomic E-state index is 0.0802. The first-order valence-corrected chi connectivity index (χ1v) is 13.8. The lowest BCUT2D eigenvalue weighted by molar-refractivity contribution is 0.0956. The third-order valence-corrected chi connectivity index (χ3v) is 7.61. The summed E-state index contributed by atoms with van der Waals surface area (Å²) in [5.74, 6) is 0.0503. The molecule has 0 saturated heterocycles. The summed E-state index contributed by atoms with van der Waals surface area (Å²) in [7, 11) is -1.15. The number of sulfonamides is 1. The van der Waals surface area contributed by atoms with Gasteiger partial charge in [0.2, 0.25) is 16.0 Å². The number of halogens is 1. The highest BCUT2D eigenvalue weighted by Crippen LogP contribution is 2.38. The Labute approximate surface area is 230 Å². The number of anilines is 1. The Kier molecular flexibility index (Phi) is 8.58. The van der Waals surface area contributed by atoms with Crippen molar-refractivity contribution < 1.29 is 27.1 Å². The lowest BCUT2D eigenvalue weighted by Gasteiger charge is -2.19. The molecule has 0 unspecified atom stereocenters. The number of methoxy groups -OCH3 is 2. The van der Waals surface area contributed by atoms with Gasteiger partial charge in [-0.1, -0.05) is 18.2 Å². The van der Waals surface area contributed by atoms with Crippen LogP contribution in [0.2, 0.25) is 0 Å². The largest absolute Gasteiger partial charge is 0.494 e. The van der Waals surface area contributed by atoms with Gasteiger partial charge in [0.05, 0.1) is 31.9 Å². The summed E-state index contributed by atoms with van der Waals surface area (Å²) in [6, 6.07) is 11.8. The van der Waals surface area contributed by atoms with Crippen molar-refractivity contribution in [3.8, 4) is 28.6 Å². The standard InChI is InChI=1S/C26H28FN7O5S/c1-5-28-25(35)18-9-6-8-17(13-18)24-31-32-26(34(24)23-20(38-3)10-7-11-21(23)39-4)33-40(36,37)16(2)12-22-29-14-19(27)15-30-22/h6-11,13-16H,5,12H2,1-4H3,(H,28,35)(H,32,33)/t16-/m1/s1. The smallest absolute Gasteiger partial charge is 0.251 e. The summed E-state index contributed by atoms with van der Waals surface area (Å²) in [5.41, 5.74) is 1.21. The van der Waals surface area contributed by atoms with Crippen molar-refractivity contribution >= 4 is 21.9 Å². The second-order valence-electron chi connectivity index (χ2n) is 8.61. The van der Waals surface area contributed by atoms with Crippen LogP contribution in [-0.2, 0) is 16.4 Å². The van der Waals surface area contributed by atoms with E-state index >= 15 is 0 Å². The highest BCUT2D eigenvalue weighted by atomic mass is 32.2. The van der Waals surface area contributed by atoms with Gasteiger partial charge in [0, 0.05) is 24.1 Å². The number of ether oxygens (including phenoxy) is 2. The van der Waals surface area contributed by atoms with Gasteiger partial charge in [0.1, 0.15) is 23.0 Å². The van der Waals surface area contributed by atoms with Gasteiger partial charge in [0.15, 0.2) is 11.6 Å². The predicted octanol–water partition coefficient (Wildman–Crippen LogP) is 3.00. The van der Waals surface area contributed by atoms with E-state index in [9.17, 15) is 17.6 Å². The SMILES string of the molecule is CCNC(=O)c1cccc(-c2nnc(NS(=O)(=O)[C@H](C)Cc3ncc(F)cn3)n2-c2c(OC)cccc2OC)c1. The lowest BCUT2D eigenvalue weighted by atomic mass is 10.1. The number of aromatic nitrogens is 5. The molecule has 12 nitrogen and oxygen atoms in total. The molecule has 40 heavy (non-hydrogen) atoms. The summed E-state index contributed by atoms with van der Waals surface area (Å²) in [5, 5.41) is 10.2. The predicted molar refractivity (Wildman–Crippen MR) is 146 cm³/mol. The average molecular weight is 570 g/mol. The van der Waals surface area contributed by atoms with Crippen LogP contribution in [0, 0.1) is 5.82 Å². The van der Waals surface area contributed by atoms with Gasteiger partial charge in [-0.15, -0.1) is 10.2 Å². The molecule has 0 spiro atoms. The molecule has 0 radical (unpaired) electrons. The van der Waals surface area contributed by atoms with E-state index in [1.165, 1.54) is 25.7 Å². The van der Waals surface area contributed by atoms with E-state index in [1.807, 2.05) is 6.92 Å². The van der Waals surface area contributed by atoms with Crippen molar-refractivity contribution in [2.24, 2.45) is 0 Å². The number of para-hydroxylation sites is 1. The molecule has 0 fully saturated rings. The van der Waals surface area contributed by atoms with Gasteiger partial charge < -0.3 is 14.8 Å². The molecule has 0 bridgehead atoms. The second kappa shape index (κ2) is 12.1. The van der Waals surface area contributed by atoms with E-state index in [2.05, 4.69) is 30.2 Å². The van der Waals surface area contributed by atoms with E-state index in [1.54, 1.807) is 42.5 Å². The Morgan fingerprint density at radius 1 is 1.05 bits per heavy atom. The normalized spacial score (nSPS) is 12.0. The third-order valence-electron chi connectivity index (χ3n) is 5.92. The zero-order chi connectivity index (χ0) is 28.9. The van der Waals surface area contributed by atoms with E-state index in [-0.39, 0.29) is 29.9 Å². The molecule has 0 aliphatic carbocycles. The molecular weight excluding hydrogens is 541 g/mol. The van der Waals surface area contributed by atoms with Crippen molar-refractivity contribution in [3.05, 3.63) is 72.1 Å². The Bertz CT molecular complexity index is 1590. The van der Waals surface area contributed by atoms with Crippen LogP contribution in [0.1, 0.15) is 30.0 Å². The van der Waals surface area contributed by atoms with Crippen LogP contribution in [0.15, 0.2) is 54.9 Å². The molecule has 0 aliphatic heterocycles. The molecule has 2 N–H and O–H groups in total. The summed E-state index contributed by atoms with van der Waals surface area (Å²) < 4.78 is 55.1. The zero-order valence-electron chi connectivity index (χ0n) is 22.3. The Hall–Kier alpha value is -4.59. The number of carbonyl (C=O) groups excluding carboxylic acids is 1. The van der Waals surface area contributed by atoms with E-state index in [0.717, 1.165) is 12.4 Å². The number of nitrogens with one attached hydrogen (secondary N) is 2. The number of carbonyl (C=O) groups is 1. The van der Waals surface area contributed by atoms with Crippen molar-refractivity contribution in [1.82, 2.24) is 30.0 Å². The number of benzene rings is 2. The molecule has 2 aromatic carbocycles. The van der Waals surface area contributed by atoms with Gasteiger partial charge in [-0.25, -0.2) is 22.8 Å². The Morgan fingerprint density at radius 3 is 2.33 bits per heavy atom. The van der Waals surface area contributed by atoms with Crippen LogP contribution in [0.5, 0.6) is 11.5 Å². The fraction of sp³-hybridized carbons (Fsp3) is 0.269. The summed E-state index contributed by atoms with van der Waals surface area (Å²) >= 11 is 0. The molecule has 210 valence electrons. The minimum atomic E-state index is -4.08. The second-order valence-corrected chi connectivity index (χ2v) is 10.7. The molecule has 0 aliphatic rings. The van der Waals surface area contributed by atoms with Crippen molar-refractivity contribution in [1.29, 1.82) is 0 Å². The molecular formula is C26H28FN7O5S. The van der Waals surface area contributed by atoms with Crippen LogP contribution < -0.4 is 19.5 Å². The molecule has 2 heterocycles. The molecule has 2 aromatic heterocycles. The molecule has 1 amide bonds. The highest BCUT2D eigenvalue weighted by Gasteiger charge is 2.28. The molecule has 14 heteroatoms. The first-order valence-electron chi connectivity index (χ1n) is 12.2. The first-order chi connectivity index (χ1) is 19.2. The molecule has 1 atom stereocenters. The molecule has 4 rings (SSSR count). The number of nitrogens with zero attached hydrogens (tertiary/aromatic N) is 5. The van der Waals surface area contributed by atoms with Crippen molar-refractivity contribution in [3.63, 3.8) is 0 Å². The minimum Gasteiger partial charge on any atom is -0.494 e. The van der Waals surface area contributed by atoms with Crippen LogP contribution in [-0.4, -0.2) is 65.1 Å². The highest BCUT2D eigenvalue weighted by molar-refractivity contribution is 7.93. The van der Waals surface area contributed by atoms with Crippen LogP contribution >= 0.6 is 0 Å². The van der Waals surface area contributed by atoms with E-state index in [0.29, 0.717) is 34.9 Å². The molecule has 4 aromatic rings. The van der Waals surface area contributed by atoms with Crippen molar-refractivity contribution in [2.45, 2.75) is 25.5 Å².